The van der Waals surface area contributed by atoms with Gasteiger partial charge in [0.05, 0.1) is 0 Å². The first-order valence-electron chi connectivity index (χ1n) is 1.56. The third kappa shape index (κ3) is 688. The summed E-state index contributed by atoms with van der Waals surface area (Å²) in [5.74, 6) is 0.583. The molecule has 0 N–H and O–H groups in total. The minimum atomic E-state index is 0. The normalized spacial score (nSPS) is 7.20. The summed E-state index contributed by atoms with van der Waals surface area (Å²) in [6.07, 6.45) is 0. The van der Waals surface area contributed by atoms with Gasteiger partial charge in [0.25, 0.3) is 0 Å². The summed E-state index contributed by atoms with van der Waals surface area (Å²) in [6.45, 7) is 7.75. The molecule has 0 aliphatic heterocycles. The van der Waals surface area contributed by atoms with Crippen LogP contribution in [-0.4, -0.2) is 10.1 Å². The molecule has 0 aliphatic rings. The summed E-state index contributed by atoms with van der Waals surface area (Å²) in [5, 5.41) is 0. The maximum Gasteiger partial charge on any atom is 2.00 e. The second-order valence-electron chi connectivity index (χ2n) is 1.39. The van der Waals surface area contributed by atoms with Crippen LogP contribution in [0.15, 0.2) is 0 Å². The van der Waals surface area contributed by atoms with Gasteiger partial charge >= 0.3 is 10.1 Å². The largest absolute Gasteiger partial charge is 2.00 e. The van der Waals surface area contributed by atoms with Crippen LogP contribution in [0.5, 0.6) is 0 Å². The van der Waals surface area contributed by atoms with Crippen molar-refractivity contribution in [1.29, 1.82) is 0 Å². The van der Waals surface area contributed by atoms with Gasteiger partial charge in [-0.3, -0.25) is 0 Å². The number of hydrogen-bond donors (Lipinski definition) is 0. The van der Waals surface area contributed by atoms with Gasteiger partial charge in [0.1, 0.15) is 0 Å². The predicted molar refractivity (Wildman–Crippen MR) is 27.1 cm³/mol. The van der Waals surface area contributed by atoms with E-state index in [1.807, 2.05) is 0 Å². The minimum absolute atomic E-state index is 0. The quantitative estimate of drug-likeness (QED) is 0.295. The minimum Gasteiger partial charge on any atom is -1.00 e. The van der Waals surface area contributed by atoms with Gasteiger partial charge in [-0.25, -0.2) is 0 Å². The van der Waals surface area contributed by atoms with Crippen LogP contribution in [0.25, 0.3) is 0 Å². The van der Waals surface area contributed by atoms with Crippen molar-refractivity contribution in [2.24, 2.45) is 5.92 Å². The first-order chi connectivity index (χ1) is 1.73. The molecular weight excluding hydrogens is 57.1 g/mol. The molecule has 0 saturated carbocycles. The van der Waals surface area contributed by atoms with E-state index < -0.39 is 0 Å². The predicted octanol–water partition coefficient (Wildman–Crippen LogP) is 1.21. The maximum absolute atomic E-state index is 3.64. The molecule has 0 atom stereocenters. The van der Waals surface area contributed by atoms with Crippen molar-refractivity contribution in [2.75, 3.05) is 0 Å². The maximum atomic E-state index is 3.64. The van der Waals surface area contributed by atoms with Crippen LogP contribution in [-0.2, 0) is 0 Å². The Labute approximate surface area is 39.3 Å². The van der Waals surface area contributed by atoms with Gasteiger partial charge in [0, 0.05) is 0 Å². The van der Waals surface area contributed by atoms with E-state index in [0.717, 1.165) is 0 Å². The molecular formula is C4H10Be. The molecule has 0 aromatic heterocycles. The molecule has 0 saturated heterocycles. The number of hydrogen-bond acceptors (Lipinski definition) is 0. The molecule has 0 radical (unpaired) electrons. The summed E-state index contributed by atoms with van der Waals surface area (Å²) >= 11 is 0. The van der Waals surface area contributed by atoms with Crippen LogP contribution in [0.3, 0.4) is 0 Å². The van der Waals surface area contributed by atoms with Crippen molar-refractivity contribution in [3.63, 3.8) is 0 Å². The Kier molecular flexibility index (Phi) is 7.46. The first kappa shape index (κ1) is 8.95. The first-order valence-corrected chi connectivity index (χ1v) is 1.56. The van der Waals surface area contributed by atoms with E-state index in [0.29, 0.717) is 5.92 Å². The molecule has 0 spiro atoms. The third-order valence-corrected chi connectivity index (χ3v) is 0. The van der Waals surface area contributed by atoms with Crippen LogP contribution in [0.2, 0.25) is 0 Å². The Bertz CT molecular complexity index is 12.3. The van der Waals surface area contributed by atoms with Gasteiger partial charge < -0.3 is 8.35 Å². The van der Waals surface area contributed by atoms with Gasteiger partial charge in [-0.05, 0) is 0 Å². The molecule has 0 aromatic carbocycles. The van der Waals surface area contributed by atoms with Gasteiger partial charge in [-0.15, -0.1) is 0 Å². The van der Waals surface area contributed by atoms with E-state index >= 15 is 0 Å². The standard InChI is InChI=1S/C4H9.Be.H/c1-4(2)3;;/h4H,1H2,2-3H3;;/q-1;+2;-1. The zero-order chi connectivity index (χ0) is 3.58. The molecule has 1 heteroatoms. The molecule has 0 aliphatic carbocycles. The summed E-state index contributed by atoms with van der Waals surface area (Å²) in [5.41, 5.74) is 0. The zero-order valence-corrected chi connectivity index (χ0v) is 3.99. The van der Waals surface area contributed by atoms with Gasteiger partial charge in [-0.1, -0.05) is 13.8 Å². The topological polar surface area (TPSA) is 0 Å². The summed E-state index contributed by atoms with van der Waals surface area (Å²) in [6, 6.07) is 0. The van der Waals surface area contributed by atoms with Crippen molar-refractivity contribution >= 4 is 10.1 Å². The summed E-state index contributed by atoms with van der Waals surface area (Å²) in [7, 11) is 0. The second-order valence-corrected chi connectivity index (χ2v) is 1.39. The fourth-order valence-corrected chi connectivity index (χ4v) is 0. The average Bonchev–Trinajstić information content (AvgIpc) is 0.811. The fraction of sp³-hybridized carbons (Fsp3) is 0.750. The van der Waals surface area contributed by atoms with Crippen LogP contribution >= 0.6 is 0 Å². The number of rotatable bonds is 0. The monoisotopic (exact) mass is 67.1 g/mol. The third-order valence-electron chi connectivity index (χ3n) is 0. The van der Waals surface area contributed by atoms with Crippen LogP contribution in [0.1, 0.15) is 15.3 Å². The Morgan fingerprint density at radius 1 is 1.60 bits per heavy atom. The molecule has 0 fully saturated rings. The van der Waals surface area contributed by atoms with E-state index in [9.17, 15) is 0 Å². The van der Waals surface area contributed by atoms with Crippen molar-refractivity contribution in [3.8, 4) is 0 Å². The molecule has 0 heterocycles. The summed E-state index contributed by atoms with van der Waals surface area (Å²) in [4.78, 5) is 0. The van der Waals surface area contributed by atoms with E-state index in [1.54, 1.807) is 0 Å². The Morgan fingerprint density at radius 2 is 1.60 bits per heavy atom. The Hall–Kier alpha value is 0.169. The summed E-state index contributed by atoms with van der Waals surface area (Å²) < 4.78 is 0. The van der Waals surface area contributed by atoms with Crippen molar-refractivity contribution in [1.82, 2.24) is 0 Å². The van der Waals surface area contributed by atoms with Gasteiger partial charge in [0.2, 0.25) is 0 Å². The zero-order valence-electron chi connectivity index (χ0n) is 4.99. The molecule has 0 amide bonds. The second kappa shape index (κ2) is 4.17. The smallest absolute Gasteiger partial charge is 1.00 e. The molecule has 0 rings (SSSR count). The fourth-order valence-electron chi connectivity index (χ4n) is 0. The molecule has 28 valence electrons. The van der Waals surface area contributed by atoms with Crippen LogP contribution < -0.4 is 0 Å². The average molecular weight is 67.1 g/mol. The van der Waals surface area contributed by atoms with Gasteiger partial charge in [-0.2, -0.15) is 5.92 Å². The van der Waals surface area contributed by atoms with E-state index in [1.165, 1.54) is 0 Å². The van der Waals surface area contributed by atoms with Crippen LogP contribution in [0, 0.1) is 12.8 Å². The van der Waals surface area contributed by atoms with Crippen molar-refractivity contribution in [3.05, 3.63) is 6.92 Å². The molecule has 0 bridgehead atoms. The van der Waals surface area contributed by atoms with E-state index in [2.05, 4.69) is 20.8 Å². The molecule has 0 unspecified atom stereocenters. The van der Waals surface area contributed by atoms with Crippen molar-refractivity contribution < 1.29 is 1.43 Å². The van der Waals surface area contributed by atoms with E-state index in [4.69, 9.17) is 0 Å². The molecule has 0 nitrogen and oxygen atoms in total. The van der Waals surface area contributed by atoms with Crippen LogP contribution in [0.4, 0.5) is 0 Å². The van der Waals surface area contributed by atoms with Crippen molar-refractivity contribution in [2.45, 2.75) is 13.8 Å². The van der Waals surface area contributed by atoms with Gasteiger partial charge in [0.15, 0.2) is 0 Å². The Morgan fingerprint density at radius 3 is 1.60 bits per heavy atom. The molecule has 0 aromatic rings. The SMILES string of the molecule is [Be+2].[CH2-]C(C)C.[H-]. The molecule has 5 heavy (non-hydrogen) atoms. The van der Waals surface area contributed by atoms with E-state index in [-0.39, 0.29) is 11.5 Å². The Balaban J connectivity index is -0.0000000450.